The van der Waals surface area contributed by atoms with Crippen LogP contribution in [0.4, 0.5) is 0 Å². The highest BCUT2D eigenvalue weighted by Crippen LogP contribution is 2.28. The van der Waals surface area contributed by atoms with E-state index < -0.39 is 0 Å². The molecule has 0 amide bonds. The van der Waals surface area contributed by atoms with E-state index in [9.17, 15) is 0 Å². The molecule has 0 aliphatic rings. The van der Waals surface area contributed by atoms with Crippen LogP contribution in [-0.4, -0.2) is 11.5 Å². The average Bonchev–Trinajstić information content (AvgIpc) is 2.50. The fraction of sp³-hybridized carbons (Fsp3) is 0.250. The third kappa shape index (κ3) is 4.11. The highest BCUT2D eigenvalue weighted by Gasteiger charge is 2.13. The van der Waals surface area contributed by atoms with Crippen LogP contribution in [0.1, 0.15) is 17.2 Å². The van der Waals surface area contributed by atoms with Crippen molar-refractivity contribution in [2.24, 2.45) is 0 Å². The maximum absolute atomic E-state index is 6.22. The van der Waals surface area contributed by atoms with Gasteiger partial charge in [0.25, 0.3) is 0 Å². The van der Waals surface area contributed by atoms with Gasteiger partial charge in [-0.1, -0.05) is 64.5 Å². The molecule has 1 atom stereocenters. The Morgan fingerprint density at radius 3 is 2.40 bits per heavy atom. The van der Waals surface area contributed by atoms with Gasteiger partial charge in [0.1, 0.15) is 5.75 Å². The van der Waals surface area contributed by atoms with Gasteiger partial charge in [0.2, 0.25) is 0 Å². The first-order valence-electron chi connectivity index (χ1n) is 6.29. The van der Waals surface area contributed by atoms with Crippen LogP contribution in [0.2, 0.25) is 5.02 Å². The van der Waals surface area contributed by atoms with E-state index in [1.54, 1.807) is 7.11 Å². The smallest absolute Gasteiger partial charge is 0.118 e. The standard InChI is InChI=1S/C16H16ClIO2/c1-19-13-8-6-12(7-9-13)11-20-16(10-18)14-4-2-3-5-15(14)17/h2-9,16H,10-11H2,1H3. The summed E-state index contributed by atoms with van der Waals surface area (Å²) in [4.78, 5) is 0. The molecule has 0 heterocycles. The summed E-state index contributed by atoms with van der Waals surface area (Å²) in [6.07, 6.45) is 0.00593. The lowest BCUT2D eigenvalue weighted by Gasteiger charge is -2.17. The monoisotopic (exact) mass is 402 g/mol. The molecular weight excluding hydrogens is 387 g/mol. The molecule has 0 N–H and O–H groups in total. The van der Waals surface area contributed by atoms with Gasteiger partial charge in [0.05, 0.1) is 19.8 Å². The van der Waals surface area contributed by atoms with Crippen LogP contribution in [0, 0.1) is 0 Å². The number of hydrogen-bond donors (Lipinski definition) is 0. The van der Waals surface area contributed by atoms with Crippen LogP contribution in [0.15, 0.2) is 48.5 Å². The van der Waals surface area contributed by atoms with Crippen molar-refractivity contribution in [3.8, 4) is 5.75 Å². The first kappa shape index (κ1) is 15.6. The molecule has 20 heavy (non-hydrogen) atoms. The molecule has 0 bridgehead atoms. The lowest BCUT2D eigenvalue weighted by atomic mass is 10.1. The van der Waals surface area contributed by atoms with E-state index >= 15 is 0 Å². The molecule has 0 aliphatic carbocycles. The van der Waals surface area contributed by atoms with Crippen molar-refractivity contribution >= 4 is 34.2 Å². The third-order valence-electron chi connectivity index (χ3n) is 3.00. The van der Waals surface area contributed by atoms with Crippen LogP contribution in [-0.2, 0) is 11.3 Å². The topological polar surface area (TPSA) is 18.5 Å². The quantitative estimate of drug-likeness (QED) is 0.498. The van der Waals surface area contributed by atoms with Gasteiger partial charge in [0.15, 0.2) is 0 Å². The Labute approximate surface area is 138 Å². The normalized spacial score (nSPS) is 12.2. The average molecular weight is 403 g/mol. The number of halogens is 2. The number of ether oxygens (including phenoxy) is 2. The Morgan fingerprint density at radius 2 is 1.80 bits per heavy atom. The van der Waals surface area contributed by atoms with Crippen LogP contribution in [0.5, 0.6) is 5.75 Å². The Balaban J connectivity index is 2.02. The van der Waals surface area contributed by atoms with Crippen LogP contribution < -0.4 is 4.74 Å². The molecule has 0 saturated carbocycles. The van der Waals surface area contributed by atoms with Gasteiger partial charge in [-0.25, -0.2) is 0 Å². The number of alkyl halides is 1. The molecule has 2 aromatic carbocycles. The van der Waals surface area contributed by atoms with Gasteiger partial charge in [-0.3, -0.25) is 0 Å². The van der Waals surface area contributed by atoms with E-state index in [0.717, 1.165) is 26.3 Å². The van der Waals surface area contributed by atoms with Crippen LogP contribution in [0.25, 0.3) is 0 Å². The molecule has 2 rings (SSSR count). The van der Waals surface area contributed by atoms with Gasteiger partial charge in [-0.15, -0.1) is 0 Å². The number of hydrogen-bond acceptors (Lipinski definition) is 2. The molecule has 0 radical (unpaired) electrons. The summed E-state index contributed by atoms with van der Waals surface area (Å²) in [7, 11) is 1.66. The maximum Gasteiger partial charge on any atom is 0.118 e. The summed E-state index contributed by atoms with van der Waals surface area (Å²) < 4.78 is 12.0. The van der Waals surface area contributed by atoms with E-state index in [-0.39, 0.29) is 6.10 Å². The van der Waals surface area contributed by atoms with Crippen molar-refractivity contribution in [2.75, 3.05) is 11.5 Å². The summed E-state index contributed by atoms with van der Waals surface area (Å²) in [5, 5.41) is 0.754. The van der Waals surface area contributed by atoms with Crippen molar-refractivity contribution in [1.82, 2.24) is 0 Å². The Bertz CT molecular complexity index is 542. The minimum atomic E-state index is 0.00593. The zero-order chi connectivity index (χ0) is 14.4. The third-order valence-corrected chi connectivity index (χ3v) is 4.15. The molecule has 0 saturated heterocycles. The number of methoxy groups -OCH3 is 1. The fourth-order valence-corrected chi connectivity index (χ4v) is 2.86. The molecule has 0 aliphatic heterocycles. The van der Waals surface area contributed by atoms with Crippen molar-refractivity contribution in [1.29, 1.82) is 0 Å². The van der Waals surface area contributed by atoms with Crippen molar-refractivity contribution < 1.29 is 9.47 Å². The largest absolute Gasteiger partial charge is 0.497 e. The summed E-state index contributed by atoms with van der Waals surface area (Å²) in [5.41, 5.74) is 2.16. The van der Waals surface area contributed by atoms with E-state index in [1.165, 1.54) is 0 Å². The molecule has 2 nitrogen and oxygen atoms in total. The van der Waals surface area contributed by atoms with Gasteiger partial charge in [0, 0.05) is 15.0 Å². The van der Waals surface area contributed by atoms with Crippen molar-refractivity contribution in [3.63, 3.8) is 0 Å². The highest BCUT2D eigenvalue weighted by atomic mass is 127. The highest BCUT2D eigenvalue weighted by molar-refractivity contribution is 14.1. The first-order chi connectivity index (χ1) is 9.74. The van der Waals surface area contributed by atoms with E-state index in [2.05, 4.69) is 22.6 Å². The van der Waals surface area contributed by atoms with Gasteiger partial charge >= 0.3 is 0 Å². The maximum atomic E-state index is 6.22. The van der Waals surface area contributed by atoms with Gasteiger partial charge < -0.3 is 9.47 Å². The van der Waals surface area contributed by atoms with E-state index in [0.29, 0.717) is 6.61 Å². The van der Waals surface area contributed by atoms with E-state index in [1.807, 2.05) is 48.5 Å². The zero-order valence-corrected chi connectivity index (χ0v) is 14.1. The zero-order valence-electron chi connectivity index (χ0n) is 11.2. The second kappa shape index (κ2) is 7.86. The second-order valence-corrected chi connectivity index (χ2v) is 5.61. The van der Waals surface area contributed by atoms with Crippen LogP contribution in [0.3, 0.4) is 0 Å². The molecule has 0 aromatic heterocycles. The predicted molar refractivity (Wildman–Crippen MR) is 90.9 cm³/mol. The molecule has 0 fully saturated rings. The summed E-state index contributed by atoms with van der Waals surface area (Å²) in [6, 6.07) is 15.7. The van der Waals surface area contributed by atoms with Gasteiger partial charge in [-0.2, -0.15) is 0 Å². The fourth-order valence-electron chi connectivity index (χ4n) is 1.87. The predicted octanol–water partition coefficient (Wildman–Crippen LogP) is 5.04. The van der Waals surface area contributed by atoms with Crippen LogP contribution >= 0.6 is 34.2 Å². The molecular formula is C16H16ClIO2. The van der Waals surface area contributed by atoms with Crippen molar-refractivity contribution in [3.05, 3.63) is 64.7 Å². The van der Waals surface area contributed by atoms with Gasteiger partial charge in [-0.05, 0) is 23.8 Å². The Hall–Kier alpha value is -0.780. The second-order valence-electron chi connectivity index (χ2n) is 4.32. The molecule has 1 unspecified atom stereocenters. The SMILES string of the molecule is COc1ccc(COC(CI)c2ccccc2Cl)cc1. The summed E-state index contributed by atoms with van der Waals surface area (Å²) in [5.74, 6) is 0.852. The minimum absolute atomic E-state index is 0.00593. The number of rotatable bonds is 6. The lowest BCUT2D eigenvalue weighted by Crippen LogP contribution is -2.06. The molecule has 0 spiro atoms. The summed E-state index contributed by atoms with van der Waals surface area (Å²) in [6.45, 7) is 0.558. The molecule has 4 heteroatoms. The molecule has 106 valence electrons. The lowest BCUT2D eigenvalue weighted by molar-refractivity contribution is 0.0577. The first-order valence-corrected chi connectivity index (χ1v) is 8.20. The minimum Gasteiger partial charge on any atom is -0.497 e. The van der Waals surface area contributed by atoms with Crippen molar-refractivity contribution in [2.45, 2.75) is 12.7 Å². The van der Waals surface area contributed by atoms with E-state index in [4.69, 9.17) is 21.1 Å². The summed E-state index contributed by atoms with van der Waals surface area (Å²) >= 11 is 8.54. The Kier molecular flexibility index (Phi) is 6.13. The molecule has 2 aromatic rings. The Morgan fingerprint density at radius 1 is 1.10 bits per heavy atom. The number of benzene rings is 2.